The van der Waals surface area contributed by atoms with Crippen molar-refractivity contribution in [2.24, 2.45) is 17.2 Å². The monoisotopic (exact) mass is 554 g/mol. The molecule has 2 aliphatic carbocycles. The van der Waals surface area contributed by atoms with Gasteiger partial charge in [0.25, 0.3) is 0 Å². The van der Waals surface area contributed by atoms with E-state index >= 15 is 0 Å². The molecule has 0 aromatic heterocycles. The second kappa shape index (κ2) is 10.8. The van der Waals surface area contributed by atoms with Crippen LogP contribution in [0.15, 0.2) is 84.6 Å². The number of likely N-dealkylation sites (tertiary alicyclic amines) is 1. The normalized spacial score (nSPS) is 26.8. The summed E-state index contributed by atoms with van der Waals surface area (Å²) in [6.07, 6.45) is 10.4. The lowest BCUT2D eigenvalue weighted by atomic mass is 9.59. The van der Waals surface area contributed by atoms with Gasteiger partial charge in [-0.1, -0.05) is 31.7 Å². The van der Waals surface area contributed by atoms with E-state index in [1.54, 1.807) is 24.3 Å². The maximum Gasteiger partial charge on any atom is 0.418 e. The van der Waals surface area contributed by atoms with Crippen molar-refractivity contribution in [3.63, 3.8) is 0 Å². The van der Waals surface area contributed by atoms with E-state index in [1.807, 2.05) is 30.3 Å². The SMILES string of the molecule is C=CN1C=C(CN2CC3(CC3)C2)C=C(C(F)(F)F)/C1=C/N(C)c1cccc(C2(/C=C\N(C)CNN)CC(C)C2)c1. The fourth-order valence-electron chi connectivity index (χ4n) is 6.46. The highest BCUT2D eigenvalue weighted by molar-refractivity contribution is 5.56. The zero-order chi connectivity index (χ0) is 28.7. The van der Waals surface area contributed by atoms with Crippen LogP contribution in [0.3, 0.4) is 0 Å². The van der Waals surface area contributed by atoms with E-state index < -0.39 is 11.7 Å². The lowest BCUT2D eigenvalue weighted by molar-refractivity contribution is -0.0910. The second-order valence-corrected chi connectivity index (χ2v) is 12.3. The van der Waals surface area contributed by atoms with E-state index in [4.69, 9.17) is 5.84 Å². The molecule has 6 nitrogen and oxygen atoms in total. The Kier molecular flexibility index (Phi) is 7.67. The molecule has 1 aromatic carbocycles. The molecule has 1 spiro atoms. The largest absolute Gasteiger partial charge is 0.418 e. The Bertz CT molecular complexity index is 1230. The summed E-state index contributed by atoms with van der Waals surface area (Å²) >= 11 is 0. The van der Waals surface area contributed by atoms with Crippen molar-refractivity contribution in [2.45, 2.75) is 44.2 Å². The van der Waals surface area contributed by atoms with Crippen LogP contribution >= 0.6 is 0 Å². The summed E-state index contributed by atoms with van der Waals surface area (Å²) in [5, 5.41) is 0. The summed E-state index contributed by atoms with van der Waals surface area (Å²) in [5.74, 6) is 6.06. The summed E-state index contributed by atoms with van der Waals surface area (Å²) in [5.41, 5.74) is 5.02. The van der Waals surface area contributed by atoms with Crippen LogP contribution in [0.4, 0.5) is 18.9 Å². The van der Waals surface area contributed by atoms with Crippen LogP contribution in [0.1, 0.15) is 38.2 Å². The number of alkyl halides is 3. The van der Waals surface area contributed by atoms with Crippen molar-refractivity contribution < 1.29 is 13.2 Å². The Balaban J connectivity index is 1.39. The molecule has 0 amide bonds. The average molecular weight is 555 g/mol. The summed E-state index contributed by atoms with van der Waals surface area (Å²) in [4.78, 5) is 7.48. The third-order valence-corrected chi connectivity index (χ3v) is 8.73. The number of hydrazine groups is 1. The maximum atomic E-state index is 14.4. The molecule has 0 bridgehead atoms. The highest BCUT2D eigenvalue weighted by Gasteiger charge is 2.52. The number of hydrogen-bond donors (Lipinski definition) is 2. The fraction of sp³-hybridized carbons (Fsp3) is 0.484. The third kappa shape index (κ3) is 5.87. The van der Waals surface area contributed by atoms with Gasteiger partial charge in [-0.05, 0) is 72.6 Å². The van der Waals surface area contributed by atoms with Gasteiger partial charge in [0.1, 0.15) is 0 Å². The number of hydrogen-bond acceptors (Lipinski definition) is 6. The van der Waals surface area contributed by atoms with E-state index in [2.05, 4.69) is 42.0 Å². The highest BCUT2D eigenvalue weighted by Crippen LogP contribution is 2.53. The maximum absolute atomic E-state index is 14.4. The first-order valence-electron chi connectivity index (χ1n) is 14.0. The van der Waals surface area contributed by atoms with Crippen molar-refractivity contribution in [2.75, 3.05) is 45.3 Å². The molecule has 4 aliphatic rings. The van der Waals surface area contributed by atoms with Crippen LogP contribution in [-0.4, -0.2) is 61.3 Å². The van der Waals surface area contributed by atoms with E-state index in [9.17, 15) is 13.2 Å². The molecule has 2 saturated carbocycles. The van der Waals surface area contributed by atoms with E-state index in [1.165, 1.54) is 30.0 Å². The molecule has 0 atom stereocenters. The van der Waals surface area contributed by atoms with E-state index in [0.717, 1.165) is 37.2 Å². The van der Waals surface area contributed by atoms with Gasteiger partial charge in [0.05, 0.1) is 17.9 Å². The lowest BCUT2D eigenvalue weighted by Crippen LogP contribution is -2.49. The zero-order valence-corrected chi connectivity index (χ0v) is 23.7. The van der Waals surface area contributed by atoms with Crippen LogP contribution in [0, 0.1) is 11.3 Å². The van der Waals surface area contributed by atoms with Gasteiger partial charge >= 0.3 is 6.18 Å². The molecule has 2 heterocycles. The molecular formula is C31H41F3N6. The lowest BCUT2D eigenvalue weighted by Gasteiger charge is -2.45. The van der Waals surface area contributed by atoms with Gasteiger partial charge in [-0.25, -0.2) is 5.43 Å². The fourth-order valence-corrected chi connectivity index (χ4v) is 6.46. The van der Waals surface area contributed by atoms with Crippen LogP contribution in [0.25, 0.3) is 0 Å². The first-order valence-corrected chi connectivity index (χ1v) is 14.0. The predicted octanol–water partition coefficient (Wildman–Crippen LogP) is 5.43. The summed E-state index contributed by atoms with van der Waals surface area (Å²) in [6, 6.07) is 8.11. The van der Waals surface area contributed by atoms with Crippen molar-refractivity contribution in [3.05, 3.63) is 90.2 Å². The molecule has 1 aromatic rings. The van der Waals surface area contributed by atoms with Crippen molar-refractivity contribution >= 4 is 5.69 Å². The first-order chi connectivity index (χ1) is 19.0. The molecule has 1 saturated heterocycles. The van der Waals surface area contributed by atoms with Gasteiger partial charge in [-0.15, -0.1) is 0 Å². The summed E-state index contributed by atoms with van der Waals surface area (Å²) < 4.78 is 43.1. The second-order valence-electron chi connectivity index (χ2n) is 12.3. The van der Waals surface area contributed by atoms with Crippen LogP contribution < -0.4 is 16.2 Å². The summed E-state index contributed by atoms with van der Waals surface area (Å²) in [6.45, 7) is 9.06. The number of halogens is 3. The minimum Gasteiger partial charge on any atom is -0.367 e. The Hall–Kier alpha value is -3.01. The van der Waals surface area contributed by atoms with Crippen molar-refractivity contribution in [1.82, 2.24) is 20.1 Å². The van der Waals surface area contributed by atoms with Crippen molar-refractivity contribution in [3.8, 4) is 0 Å². The zero-order valence-electron chi connectivity index (χ0n) is 23.7. The minimum absolute atomic E-state index is 0.0595. The number of allylic oxidation sites excluding steroid dienone is 2. The molecule has 0 radical (unpaired) electrons. The molecule has 3 N–H and O–H groups in total. The quantitative estimate of drug-likeness (QED) is 0.229. The van der Waals surface area contributed by atoms with Gasteiger partial charge in [-0.3, -0.25) is 10.7 Å². The molecule has 2 aliphatic heterocycles. The highest BCUT2D eigenvalue weighted by atomic mass is 19.4. The van der Waals surface area contributed by atoms with E-state index in [-0.39, 0.29) is 11.1 Å². The Morgan fingerprint density at radius 2 is 1.93 bits per heavy atom. The number of benzene rings is 1. The standard InChI is InChI=1S/C31H41F3N6/c1-5-40-18-24(17-39-20-29(21-39)9-10-29)13-27(31(32,33)34)28(40)19-38(4)26-8-6-7-25(14-26)30(15-23(2)16-30)11-12-37(3)22-36-35/h5-8,11-14,18-19,23,36H,1,9-10,15-17,20-22,35H2,2-4H3/b12-11-,28-19-. The molecule has 9 heteroatoms. The Labute approximate surface area is 235 Å². The number of nitrogens with two attached hydrogens (primary N) is 1. The topological polar surface area (TPSA) is 51.0 Å². The molecular weight excluding hydrogens is 513 g/mol. The van der Waals surface area contributed by atoms with Gasteiger partial charge < -0.3 is 14.7 Å². The molecule has 3 fully saturated rings. The average Bonchev–Trinajstić information content (AvgIpc) is 3.67. The molecule has 0 unspecified atom stereocenters. The van der Waals surface area contributed by atoms with Gasteiger partial charge in [0.2, 0.25) is 0 Å². The predicted molar refractivity (Wildman–Crippen MR) is 154 cm³/mol. The number of nitrogens with zero attached hydrogens (tertiary/aromatic N) is 4. The Morgan fingerprint density at radius 3 is 2.52 bits per heavy atom. The molecule has 216 valence electrons. The Morgan fingerprint density at radius 1 is 1.20 bits per heavy atom. The number of anilines is 1. The molecule has 5 rings (SSSR count). The number of rotatable bonds is 10. The minimum atomic E-state index is -4.50. The third-order valence-electron chi connectivity index (χ3n) is 8.73. The summed E-state index contributed by atoms with van der Waals surface area (Å²) in [7, 11) is 3.75. The van der Waals surface area contributed by atoms with Crippen LogP contribution in [-0.2, 0) is 5.41 Å². The van der Waals surface area contributed by atoms with Gasteiger partial charge in [0.15, 0.2) is 0 Å². The van der Waals surface area contributed by atoms with Crippen LogP contribution in [0.2, 0.25) is 0 Å². The van der Waals surface area contributed by atoms with Gasteiger partial charge in [0, 0.05) is 63.4 Å². The smallest absolute Gasteiger partial charge is 0.367 e. The van der Waals surface area contributed by atoms with E-state index in [0.29, 0.717) is 30.1 Å². The van der Waals surface area contributed by atoms with Crippen molar-refractivity contribution in [1.29, 1.82) is 0 Å². The van der Waals surface area contributed by atoms with Crippen LogP contribution in [0.5, 0.6) is 0 Å². The first kappa shape index (κ1) is 28.5. The molecule has 40 heavy (non-hydrogen) atoms. The van der Waals surface area contributed by atoms with Gasteiger partial charge in [-0.2, -0.15) is 13.2 Å². The number of nitrogens with one attached hydrogen (secondary N) is 1.